The number of rotatable bonds is 4. The van der Waals surface area contributed by atoms with Crippen LogP contribution < -0.4 is 0 Å². The Bertz CT molecular complexity index is 997. The van der Waals surface area contributed by atoms with E-state index in [-0.39, 0.29) is 11.5 Å². The van der Waals surface area contributed by atoms with Crippen molar-refractivity contribution in [3.63, 3.8) is 0 Å². The van der Waals surface area contributed by atoms with Crippen LogP contribution in [-0.2, 0) is 9.53 Å². The van der Waals surface area contributed by atoms with Crippen LogP contribution in [-0.4, -0.2) is 36.2 Å². The fourth-order valence-corrected chi connectivity index (χ4v) is 3.56. The van der Waals surface area contributed by atoms with E-state index >= 15 is 0 Å². The topological polar surface area (TPSA) is 97.3 Å². The van der Waals surface area contributed by atoms with E-state index in [0.29, 0.717) is 11.1 Å². The summed E-state index contributed by atoms with van der Waals surface area (Å²) in [5.74, 6) is -1.39. The summed E-state index contributed by atoms with van der Waals surface area (Å²) in [6.45, 7) is 0. The van der Waals surface area contributed by atoms with E-state index in [1.807, 2.05) is 24.3 Å². The molecule has 2 aromatic rings. The molecular formula is C21H17N3O3. The number of nitrogens with zero attached hydrogens (tertiary/aromatic N) is 3. The van der Waals surface area contributed by atoms with E-state index in [0.717, 1.165) is 11.1 Å². The van der Waals surface area contributed by atoms with Gasteiger partial charge in [0.25, 0.3) is 0 Å². The molecule has 0 aliphatic carbocycles. The molecular weight excluding hydrogens is 342 g/mol. The van der Waals surface area contributed by atoms with Gasteiger partial charge in [0, 0.05) is 7.05 Å². The molecule has 1 N–H and O–H groups in total. The zero-order valence-electron chi connectivity index (χ0n) is 14.9. The van der Waals surface area contributed by atoms with Crippen molar-refractivity contribution in [2.75, 3.05) is 14.2 Å². The second-order valence-electron chi connectivity index (χ2n) is 6.19. The second-order valence-corrected chi connectivity index (χ2v) is 6.19. The van der Waals surface area contributed by atoms with E-state index in [1.54, 1.807) is 31.3 Å². The van der Waals surface area contributed by atoms with Crippen molar-refractivity contribution in [1.82, 2.24) is 4.90 Å². The van der Waals surface area contributed by atoms with Crippen molar-refractivity contribution in [2.45, 2.75) is 12.0 Å². The quantitative estimate of drug-likeness (QED) is 0.901. The summed E-state index contributed by atoms with van der Waals surface area (Å²) in [6.07, 6.45) is 0. The van der Waals surface area contributed by atoms with Crippen LogP contribution in [0.5, 0.6) is 0 Å². The Kier molecular flexibility index (Phi) is 4.83. The Labute approximate surface area is 157 Å². The average molecular weight is 359 g/mol. The lowest BCUT2D eigenvalue weighted by atomic mass is 9.86. The zero-order chi connectivity index (χ0) is 19.6. The number of hydrogen-bond donors (Lipinski definition) is 1. The maximum atomic E-state index is 11.8. The van der Waals surface area contributed by atoms with Gasteiger partial charge in [0.2, 0.25) is 5.88 Å². The number of carboxylic acids is 1. The fraction of sp³-hybridized carbons (Fsp3) is 0.190. The third-order valence-electron chi connectivity index (χ3n) is 4.79. The normalized spacial score (nSPS) is 18.7. The third kappa shape index (κ3) is 2.98. The molecule has 6 nitrogen and oxygen atoms in total. The Morgan fingerprint density at radius 3 is 2.33 bits per heavy atom. The van der Waals surface area contributed by atoms with Crippen molar-refractivity contribution in [3.05, 3.63) is 71.1 Å². The lowest BCUT2D eigenvalue weighted by molar-refractivity contribution is -0.142. The minimum atomic E-state index is -1.03. The minimum Gasteiger partial charge on any atom is -0.482 e. The molecule has 1 aliphatic heterocycles. The molecule has 0 radical (unpaired) electrons. The maximum absolute atomic E-state index is 11.8. The van der Waals surface area contributed by atoms with E-state index in [2.05, 4.69) is 12.1 Å². The molecule has 0 saturated carbocycles. The van der Waals surface area contributed by atoms with Gasteiger partial charge in [0.1, 0.15) is 12.1 Å². The Hall–Kier alpha value is -3.77. The predicted octanol–water partition coefficient (Wildman–Crippen LogP) is 3.09. The van der Waals surface area contributed by atoms with Crippen molar-refractivity contribution >= 4 is 5.97 Å². The van der Waals surface area contributed by atoms with Crippen LogP contribution in [0, 0.1) is 22.7 Å². The highest BCUT2D eigenvalue weighted by molar-refractivity contribution is 5.78. The molecule has 134 valence electrons. The van der Waals surface area contributed by atoms with Crippen molar-refractivity contribution in [1.29, 1.82) is 10.5 Å². The monoisotopic (exact) mass is 359 g/mol. The highest BCUT2D eigenvalue weighted by atomic mass is 16.5. The first kappa shape index (κ1) is 18.0. The second kappa shape index (κ2) is 7.23. The summed E-state index contributed by atoms with van der Waals surface area (Å²) in [6, 6.07) is 17.9. The molecule has 0 saturated heterocycles. The summed E-state index contributed by atoms with van der Waals surface area (Å²) in [5, 5.41) is 28.5. The van der Waals surface area contributed by atoms with Gasteiger partial charge in [-0.1, -0.05) is 42.5 Å². The standard InChI is InChI=1S/C21H17N3O3/c1-24-19(21(25)26)18(17(12-23)20(24)27-2)14-9-7-13(8-10-14)16-6-4-3-5-15(16)11-22/h3-10,18-19H,1-2H3,(H,25,26). The molecule has 1 aliphatic rings. The summed E-state index contributed by atoms with van der Waals surface area (Å²) in [7, 11) is 3.03. The number of likely N-dealkylation sites (N-methyl/N-ethyl adjacent to an activating group) is 1. The Balaban J connectivity index is 2.05. The van der Waals surface area contributed by atoms with Crippen molar-refractivity contribution in [2.24, 2.45) is 0 Å². The average Bonchev–Trinajstić information content (AvgIpc) is 2.99. The maximum Gasteiger partial charge on any atom is 0.327 e. The van der Waals surface area contributed by atoms with Crippen LogP contribution in [0.15, 0.2) is 60.0 Å². The molecule has 27 heavy (non-hydrogen) atoms. The van der Waals surface area contributed by atoms with E-state index in [9.17, 15) is 20.4 Å². The lowest BCUT2D eigenvalue weighted by Gasteiger charge is -2.24. The van der Waals surface area contributed by atoms with Gasteiger partial charge in [-0.2, -0.15) is 10.5 Å². The first-order valence-corrected chi connectivity index (χ1v) is 8.26. The van der Waals surface area contributed by atoms with Crippen molar-refractivity contribution < 1.29 is 14.6 Å². The van der Waals surface area contributed by atoms with E-state index in [1.165, 1.54) is 12.0 Å². The van der Waals surface area contributed by atoms with Gasteiger partial charge >= 0.3 is 5.97 Å². The van der Waals surface area contributed by atoms with Gasteiger partial charge in [-0.05, 0) is 22.8 Å². The van der Waals surface area contributed by atoms with Gasteiger partial charge in [-0.3, -0.25) is 0 Å². The molecule has 0 fully saturated rings. The Morgan fingerprint density at radius 1 is 1.11 bits per heavy atom. The fourth-order valence-electron chi connectivity index (χ4n) is 3.56. The molecule has 6 heteroatoms. The van der Waals surface area contributed by atoms with Crippen LogP contribution in [0.4, 0.5) is 0 Å². The SMILES string of the molecule is COC1=C(C#N)C(c2ccc(-c3ccccc3C#N)cc2)C(C(=O)O)N1C. The number of hydrogen-bond acceptors (Lipinski definition) is 5. The third-order valence-corrected chi connectivity index (χ3v) is 4.79. The Morgan fingerprint density at radius 2 is 1.78 bits per heavy atom. The first-order chi connectivity index (χ1) is 13.0. The lowest BCUT2D eigenvalue weighted by Crippen LogP contribution is -2.37. The number of benzene rings is 2. The van der Waals surface area contributed by atoms with E-state index in [4.69, 9.17) is 4.74 Å². The van der Waals surface area contributed by atoms with Crippen LogP contribution in [0.25, 0.3) is 11.1 Å². The van der Waals surface area contributed by atoms with Crippen molar-refractivity contribution in [3.8, 4) is 23.3 Å². The smallest absolute Gasteiger partial charge is 0.327 e. The molecule has 2 unspecified atom stereocenters. The van der Waals surface area contributed by atoms with Gasteiger partial charge in [0.05, 0.1) is 30.2 Å². The van der Waals surface area contributed by atoms with Gasteiger partial charge < -0.3 is 14.7 Å². The molecule has 0 bridgehead atoms. The molecule has 0 spiro atoms. The molecule has 2 aromatic carbocycles. The number of aliphatic carboxylic acids is 1. The molecule has 0 amide bonds. The molecule has 3 rings (SSSR count). The summed E-state index contributed by atoms with van der Waals surface area (Å²) < 4.78 is 5.27. The highest BCUT2D eigenvalue weighted by Gasteiger charge is 2.45. The van der Waals surface area contributed by atoms with Crippen LogP contribution >= 0.6 is 0 Å². The van der Waals surface area contributed by atoms with Gasteiger partial charge in [-0.25, -0.2) is 4.79 Å². The molecule has 0 aromatic heterocycles. The first-order valence-electron chi connectivity index (χ1n) is 8.26. The summed E-state index contributed by atoms with van der Waals surface area (Å²) in [5.41, 5.74) is 3.21. The zero-order valence-corrected chi connectivity index (χ0v) is 14.9. The number of carboxylic acid groups (broad SMARTS) is 1. The number of nitriles is 2. The van der Waals surface area contributed by atoms with Gasteiger partial charge in [0.15, 0.2) is 0 Å². The minimum absolute atomic E-state index is 0.272. The number of methoxy groups -OCH3 is 1. The largest absolute Gasteiger partial charge is 0.482 e. The van der Waals surface area contributed by atoms with Crippen LogP contribution in [0.3, 0.4) is 0 Å². The summed E-state index contributed by atoms with van der Waals surface area (Å²) in [4.78, 5) is 13.3. The molecule has 1 heterocycles. The number of carbonyl (C=O) groups is 1. The van der Waals surface area contributed by atoms with E-state index < -0.39 is 17.9 Å². The highest BCUT2D eigenvalue weighted by Crippen LogP contribution is 2.41. The predicted molar refractivity (Wildman–Crippen MR) is 98.2 cm³/mol. The van der Waals surface area contributed by atoms with Crippen LogP contribution in [0.2, 0.25) is 0 Å². The van der Waals surface area contributed by atoms with Gasteiger partial charge in [-0.15, -0.1) is 0 Å². The summed E-state index contributed by atoms with van der Waals surface area (Å²) >= 11 is 0. The number of ether oxygens (including phenoxy) is 1. The molecule has 2 atom stereocenters. The van der Waals surface area contributed by atoms with Crippen LogP contribution in [0.1, 0.15) is 17.0 Å².